The van der Waals surface area contributed by atoms with Gasteiger partial charge < -0.3 is 5.11 Å². The molecule has 0 spiro atoms. The Hall–Kier alpha value is -1.32. The molecule has 0 amide bonds. The molecule has 0 aliphatic carbocycles. The molecule has 0 aromatic carbocycles. The maximum atomic E-state index is 11.2. The van der Waals surface area contributed by atoms with Crippen LogP contribution in [-0.2, 0) is 11.2 Å². The van der Waals surface area contributed by atoms with E-state index in [1.807, 2.05) is 37.7 Å². The molecule has 0 bridgehead atoms. The number of rotatable bonds is 5. The summed E-state index contributed by atoms with van der Waals surface area (Å²) in [5, 5.41) is 13.6. The Morgan fingerprint density at radius 2 is 2.25 bits per heavy atom. The van der Waals surface area contributed by atoms with Gasteiger partial charge in [0.25, 0.3) is 0 Å². The van der Waals surface area contributed by atoms with Crippen LogP contribution in [0.5, 0.6) is 0 Å². The molecule has 0 aliphatic heterocycles. The van der Waals surface area contributed by atoms with Crippen molar-refractivity contribution in [3.05, 3.63) is 18.0 Å². The van der Waals surface area contributed by atoms with Gasteiger partial charge >= 0.3 is 5.97 Å². The van der Waals surface area contributed by atoms with Crippen molar-refractivity contribution in [2.45, 2.75) is 46.6 Å². The summed E-state index contributed by atoms with van der Waals surface area (Å²) in [6.45, 7) is 7.76. The molecule has 1 atom stereocenters. The molecular formula is C12H20N2O2. The molecule has 0 fully saturated rings. The van der Waals surface area contributed by atoms with E-state index in [4.69, 9.17) is 0 Å². The second-order valence-corrected chi connectivity index (χ2v) is 4.78. The highest BCUT2D eigenvalue weighted by atomic mass is 16.4. The molecule has 90 valence electrons. The van der Waals surface area contributed by atoms with Crippen molar-refractivity contribution in [1.29, 1.82) is 0 Å². The molecule has 0 saturated heterocycles. The zero-order valence-corrected chi connectivity index (χ0v) is 10.4. The number of hydrogen-bond donors (Lipinski definition) is 1. The fraction of sp³-hybridized carbons (Fsp3) is 0.667. The summed E-state index contributed by atoms with van der Waals surface area (Å²) in [4.78, 5) is 11.2. The van der Waals surface area contributed by atoms with Crippen LogP contribution < -0.4 is 0 Å². The molecule has 0 saturated carbocycles. The van der Waals surface area contributed by atoms with Gasteiger partial charge in [0, 0.05) is 18.7 Å². The van der Waals surface area contributed by atoms with Crippen LogP contribution in [0.2, 0.25) is 0 Å². The number of carboxylic acids is 1. The first-order valence-electron chi connectivity index (χ1n) is 5.66. The molecule has 1 aromatic heterocycles. The Labute approximate surface area is 96.3 Å². The maximum Gasteiger partial charge on any atom is 0.309 e. The first kappa shape index (κ1) is 12.7. The lowest BCUT2D eigenvalue weighted by atomic mass is 9.83. The quantitative estimate of drug-likeness (QED) is 0.836. The fourth-order valence-corrected chi connectivity index (χ4v) is 1.51. The average molecular weight is 224 g/mol. The summed E-state index contributed by atoms with van der Waals surface area (Å²) in [6, 6.07) is 2.21. The lowest BCUT2D eigenvalue weighted by Gasteiger charge is -2.21. The van der Waals surface area contributed by atoms with Crippen molar-refractivity contribution in [2.75, 3.05) is 0 Å². The van der Waals surface area contributed by atoms with E-state index in [0.717, 1.165) is 5.69 Å². The highest BCUT2D eigenvalue weighted by Crippen LogP contribution is 2.26. The maximum absolute atomic E-state index is 11.2. The summed E-state index contributed by atoms with van der Waals surface area (Å²) in [6.07, 6.45) is 2.99. The van der Waals surface area contributed by atoms with Crippen LogP contribution in [0.1, 0.15) is 45.9 Å². The third-order valence-electron chi connectivity index (χ3n) is 3.06. The number of aliphatic carboxylic acids is 1. The summed E-state index contributed by atoms with van der Waals surface area (Å²) in [5.41, 5.74) is 0.135. The van der Waals surface area contributed by atoms with Crippen molar-refractivity contribution in [1.82, 2.24) is 9.78 Å². The number of aromatic nitrogens is 2. The molecular weight excluding hydrogens is 204 g/mol. The van der Waals surface area contributed by atoms with Crippen LogP contribution in [0.25, 0.3) is 0 Å². The standard InChI is InChI=1S/C12H20N2O2/c1-5-12(4,11(15)16)8-10-6-7-14(13-10)9(2)3/h6-7,9H,5,8H2,1-4H3,(H,15,16). The third-order valence-corrected chi connectivity index (χ3v) is 3.06. The lowest BCUT2D eigenvalue weighted by molar-refractivity contribution is -0.148. The van der Waals surface area contributed by atoms with E-state index in [0.29, 0.717) is 18.9 Å². The first-order chi connectivity index (χ1) is 7.39. The number of carbonyl (C=O) groups is 1. The highest BCUT2D eigenvalue weighted by Gasteiger charge is 2.32. The van der Waals surface area contributed by atoms with Crippen LogP contribution in [0, 0.1) is 5.41 Å². The highest BCUT2D eigenvalue weighted by molar-refractivity contribution is 5.74. The van der Waals surface area contributed by atoms with Gasteiger partial charge in [-0.1, -0.05) is 6.92 Å². The van der Waals surface area contributed by atoms with Gasteiger partial charge in [0.1, 0.15) is 0 Å². The Kier molecular flexibility index (Phi) is 3.73. The predicted molar refractivity (Wildman–Crippen MR) is 62.3 cm³/mol. The molecule has 1 heterocycles. The van der Waals surface area contributed by atoms with E-state index in [-0.39, 0.29) is 0 Å². The zero-order valence-electron chi connectivity index (χ0n) is 10.4. The molecule has 1 aromatic rings. The Morgan fingerprint density at radius 1 is 1.62 bits per heavy atom. The van der Waals surface area contributed by atoms with Crippen molar-refractivity contribution >= 4 is 5.97 Å². The minimum atomic E-state index is -0.755. The number of hydrogen-bond acceptors (Lipinski definition) is 2. The van der Waals surface area contributed by atoms with Crippen LogP contribution in [0.3, 0.4) is 0 Å². The van der Waals surface area contributed by atoms with Crippen molar-refractivity contribution in [2.24, 2.45) is 5.41 Å². The molecule has 4 heteroatoms. The first-order valence-corrected chi connectivity index (χ1v) is 5.66. The summed E-state index contributed by atoms with van der Waals surface area (Å²) in [7, 11) is 0. The van der Waals surface area contributed by atoms with E-state index >= 15 is 0 Å². The van der Waals surface area contributed by atoms with Gasteiger partial charge in [-0.3, -0.25) is 9.48 Å². The number of carboxylic acid groups (broad SMARTS) is 1. The van der Waals surface area contributed by atoms with Crippen LogP contribution in [0.4, 0.5) is 0 Å². The van der Waals surface area contributed by atoms with Crippen LogP contribution in [0.15, 0.2) is 12.3 Å². The SMILES string of the molecule is CCC(C)(Cc1ccn(C(C)C)n1)C(=O)O. The smallest absolute Gasteiger partial charge is 0.309 e. The van der Waals surface area contributed by atoms with Crippen LogP contribution >= 0.6 is 0 Å². The van der Waals surface area contributed by atoms with E-state index in [2.05, 4.69) is 5.10 Å². The monoisotopic (exact) mass is 224 g/mol. The Bertz CT molecular complexity index is 371. The molecule has 1 unspecified atom stereocenters. The third kappa shape index (κ3) is 2.62. The predicted octanol–water partition coefficient (Wildman–Crippen LogP) is 2.51. The topological polar surface area (TPSA) is 55.1 Å². The van der Waals surface area contributed by atoms with E-state index in [9.17, 15) is 9.90 Å². The second kappa shape index (κ2) is 4.68. The molecule has 1 N–H and O–H groups in total. The van der Waals surface area contributed by atoms with Crippen molar-refractivity contribution in [3.63, 3.8) is 0 Å². The lowest BCUT2D eigenvalue weighted by Crippen LogP contribution is -2.29. The Balaban J connectivity index is 2.82. The van der Waals surface area contributed by atoms with E-state index in [1.165, 1.54) is 0 Å². The summed E-state index contributed by atoms with van der Waals surface area (Å²) >= 11 is 0. The minimum Gasteiger partial charge on any atom is -0.481 e. The minimum absolute atomic E-state index is 0.312. The summed E-state index contributed by atoms with van der Waals surface area (Å²) < 4.78 is 1.85. The molecule has 0 radical (unpaired) electrons. The van der Waals surface area contributed by atoms with E-state index < -0.39 is 11.4 Å². The fourth-order valence-electron chi connectivity index (χ4n) is 1.51. The van der Waals surface area contributed by atoms with Crippen molar-refractivity contribution in [3.8, 4) is 0 Å². The van der Waals surface area contributed by atoms with Gasteiger partial charge in [0.2, 0.25) is 0 Å². The molecule has 0 aliphatic rings. The average Bonchev–Trinajstić information content (AvgIpc) is 2.65. The molecule has 4 nitrogen and oxygen atoms in total. The number of nitrogens with zero attached hydrogens (tertiary/aromatic N) is 2. The van der Waals surface area contributed by atoms with Gasteiger partial charge in [0.05, 0.1) is 11.1 Å². The van der Waals surface area contributed by atoms with Gasteiger partial charge in [-0.05, 0) is 33.3 Å². The van der Waals surface area contributed by atoms with Gasteiger partial charge in [-0.15, -0.1) is 0 Å². The largest absolute Gasteiger partial charge is 0.481 e. The van der Waals surface area contributed by atoms with Gasteiger partial charge in [-0.2, -0.15) is 5.10 Å². The zero-order chi connectivity index (χ0) is 12.3. The van der Waals surface area contributed by atoms with E-state index in [1.54, 1.807) is 6.92 Å². The second-order valence-electron chi connectivity index (χ2n) is 4.78. The molecule has 1 rings (SSSR count). The van der Waals surface area contributed by atoms with Crippen LogP contribution in [-0.4, -0.2) is 20.9 Å². The molecule has 16 heavy (non-hydrogen) atoms. The normalized spacial score (nSPS) is 15.1. The van der Waals surface area contributed by atoms with Crippen molar-refractivity contribution < 1.29 is 9.90 Å². The Morgan fingerprint density at radius 3 is 2.62 bits per heavy atom. The van der Waals surface area contributed by atoms with Gasteiger partial charge in [-0.25, -0.2) is 0 Å². The summed E-state index contributed by atoms with van der Waals surface area (Å²) in [5.74, 6) is -0.755. The van der Waals surface area contributed by atoms with Gasteiger partial charge in [0.15, 0.2) is 0 Å².